The monoisotopic (exact) mass is 237 g/mol. The smallest absolute Gasteiger partial charge is 0.146 e. The van der Waals surface area contributed by atoms with Crippen LogP contribution in [0.1, 0.15) is 31.4 Å². The molecule has 1 fully saturated rings. The van der Waals surface area contributed by atoms with Crippen molar-refractivity contribution < 1.29 is 10.2 Å². The lowest BCUT2D eigenvalue weighted by Crippen LogP contribution is -2.39. The van der Waals surface area contributed by atoms with Gasteiger partial charge in [-0.25, -0.2) is 4.98 Å². The zero-order valence-electron chi connectivity index (χ0n) is 10.1. The largest absolute Gasteiger partial charge is 0.390 e. The average Bonchev–Trinajstić information content (AvgIpc) is 2.76. The number of aliphatic hydroxyl groups is 2. The Morgan fingerprint density at radius 2 is 2.00 bits per heavy atom. The van der Waals surface area contributed by atoms with Crippen molar-refractivity contribution in [3.05, 3.63) is 18.1 Å². The third-order valence-corrected chi connectivity index (χ3v) is 3.31. The van der Waals surface area contributed by atoms with E-state index in [1.54, 1.807) is 12.4 Å². The summed E-state index contributed by atoms with van der Waals surface area (Å²) < 4.78 is 0. The van der Waals surface area contributed by atoms with E-state index in [2.05, 4.69) is 9.97 Å². The molecule has 0 aromatic carbocycles. The van der Waals surface area contributed by atoms with E-state index in [9.17, 15) is 5.11 Å². The number of aliphatic hydroxyl groups excluding tert-OH is 1. The Kier molecular flexibility index (Phi) is 3.59. The second-order valence-electron chi connectivity index (χ2n) is 4.81. The number of rotatable bonds is 4. The van der Waals surface area contributed by atoms with Crippen molar-refractivity contribution in [2.45, 2.75) is 37.9 Å². The summed E-state index contributed by atoms with van der Waals surface area (Å²) in [5.41, 5.74) is -0.0201. The van der Waals surface area contributed by atoms with E-state index in [1.165, 1.54) is 0 Å². The molecular formula is C12H19N3O2. The molecule has 2 N–H and O–H groups in total. The molecule has 5 heteroatoms. The Hall–Kier alpha value is -1.20. The van der Waals surface area contributed by atoms with Crippen molar-refractivity contribution in [3.63, 3.8) is 0 Å². The maximum Gasteiger partial charge on any atom is 0.146 e. The first-order valence-corrected chi connectivity index (χ1v) is 5.98. The van der Waals surface area contributed by atoms with Gasteiger partial charge in [-0.3, -0.25) is 4.98 Å². The number of hydrogen-bond donors (Lipinski definition) is 2. The lowest BCUT2D eigenvalue weighted by molar-refractivity contribution is 0.0558. The van der Waals surface area contributed by atoms with Crippen LogP contribution in [-0.2, 0) is 6.61 Å². The zero-order valence-corrected chi connectivity index (χ0v) is 10.1. The normalized spacial score (nSPS) is 18.3. The highest BCUT2D eigenvalue weighted by Gasteiger charge is 2.32. The van der Waals surface area contributed by atoms with E-state index >= 15 is 0 Å². The molecule has 94 valence electrons. The van der Waals surface area contributed by atoms with Crippen LogP contribution >= 0.6 is 0 Å². The number of anilines is 1. The molecule has 1 aliphatic carbocycles. The lowest BCUT2D eigenvalue weighted by Gasteiger charge is -2.29. The minimum atomic E-state index is -0.577. The predicted molar refractivity (Wildman–Crippen MR) is 64.6 cm³/mol. The summed E-state index contributed by atoms with van der Waals surface area (Å²) in [6.45, 7) is 0.487. The van der Waals surface area contributed by atoms with Gasteiger partial charge in [0.05, 0.1) is 30.3 Å². The molecule has 1 aromatic rings. The Labute approximate surface area is 101 Å². The topological polar surface area (TPSA) is 69.5 Å². The molecule has 0 atom stereocenters. The zero-order chi connectivity index (χ0) is 12.3. The molecule has 0 saturated heterocycles. The summed E-state index contributed by atoms with van der Waals surface area (Å²) in [6.07, 6.45) is 7.10. The summed E-state index contributed by atoms with van der Waals surface area (Å²) in [4.78, 5) is 10.2. The third kappa shape index (κ3) is 2.92. The highest BCUT2D eigenvalue weighted by Crippen LogP contribution is 2.30. The van der Waals surface area contributed by atoms with Crippen LogP contribution in [0.15, 0.2) is 12.4 Å². The van der Waals surface area contributed by atoms with Gasteiger partial charge in [0.15, 0.2) is 0 Å². The summed E-state index contributed by atoms with van der Waals surface area (Å²) in [5, 5.41) is 19.2. The van der Waals surface area contributed by atoms with Crippen molar-refractivity contribution in [1.29, 1.82) is 0 Å². The SMILES string of the molecule is CN(CC1(O)CCCC1)c1cnc(CO)cn1. The second-order valence-corrected chi connectivity index (χ2v) is 4.81. The Morgan fingerprint density at radius 1 is 1.29 bits per heavy atom. The number of aromatic nitrogens is 2. The average molecular weight is 237 g/mol. The van der Waals surface area contributed by atoms with Gasteiger partial charge in [0.25, 0.3) is 0 Å². The highest BCUT2D eigenvalue weighted by molar-refractivity contribution is 5.35. The van der Waals surface area contributed by atoms with Gasteiger partial charge in [-0.2, -0.15) is 0 Å². The molecule has 1 aliphatic rings. The summed E-state index contributed by atoms with van der Waals surface area (Å²) in [7, 11) is 1.90. The molecule has 0 spiro atoms. The van der Waals surface area contributed by atoms with Gasteiger partial charge < -0.3 is 15.1 Å². The van der Waals surface area contributed by atoms with Crippen molar-refractivity contribution in [3.8, 4) is 0 Å². The van der Waals surface area contributed by atoms with Crippen molar-refractivity contribution in [1.82, 2.24) is 9.97 Å². The lowest BCUT2D eigenvalue weighted by atomic mass is 10.0. The molecule has 0 aliphatic heterocycles. The molecule has 5 nitrogen and oxygen atoms in total. The molecule has 0 bridgehead atoms. The number of nitrogens with zero attached hydrogens (tertiary/aromatic N) is 3. The summed E-state index contributed by atoms with van der Waals surface area (Å²) in [6, 6.07) is 0. The molecule has 1 heterocycles. The molecule has 17 heavy (non-hydrogen) atoms. The highest BCUT2D eigenvalue weighted by atomic mass is 16.3. The molecule has 1 saturated carbocycles. The fourth-order valence-electron chi connectivity index (χ4n) is 2.34. The molecule has 1 aromatic heterocycles. The first kappa shape index (κ1) is 12.3. The molecule has 0 unspecified atom stereocenters. The molecule has 0 radical (unpaired) electrons. The Bertz CT molecular complexity index is 361. The first-order chi connectivity index (χ1) is 8.13. The van der Waals surface area contributed by atoms with E-state index in [4.69, 9.17) is 5.11 Å². The van der Waals surface area contributed by atoms with E-state index in [0.717, 1.165) is 31.5 Å². The van der Waals surface area contributed by atoms with Gasteiger partial charge in [0, 0.05) is 13.6 Å². The van der Waals surface area contributed by atoms with E-state index in [-0.39, 0.29) is 6.61 Å². The first-order valence-electron chi connectivity index (χ1n) is 5.98. The fourth-order valence-corrected chi connectivity index (χ4v) is 2.34. The van der Waals surface area contributed by atoms with E-state index in [1.807, 2.05) is 11.9 Å². The van der Waals surface area contributed by atoms with Gasteiger partial charge in [-0.1, -0.05) is 12.8 Å². The fraction of sp³-hybridized carbons (Fsp3) is 0.667. The number of likely N-dealkylation sites (N-methyl/N-ethyl adjacent to an activating group) is 1. The van der Waals surface area contributed by atoms with Gasteiger partial charge >= 0.3 is 0 Å². The van der Waals surface area contributed by atoms with Crippen molar-refractivity contribution in [2.75, 3.05) is 18.5 Å². The molecule has 2 rings (SSSR count). The Balaban J connectivity index is 2.01. The van der Waals surface area contributed by atoms with Crippen molar-refractivity contribution >= 4 is 5.82 Å². The standard InChI is InChI=1S/C12H19N3O2/c1-15(9-12(17)4-2-3-5-12)11-7-13-10(8-16)6-14-11/h6-7,16-17H,2-5,8-9H2,1H3. The van der Waals surface area contributed by atoms with Crippen LogP contribution in [0.4, 0.5) is 5.82 Å². The maximum atomic E-state index is 10.3. The minimum absolute atomic E-state index is 0.0963. The van der Waals surface area contributed by atoms with Crippen LogP contribution in [0.2, 0.25) is 0 Å². The molecular weight excluding hydrogens is 218 g/mol. The Morgan fingerprint density at radius 3 is 2.53 bits per heavy atom. The maximum absolute atomic E-state index is 10.3. The van der Waals surface area contributed by atoms with Crippen LogP contribution in [0.3, 0.4) is 0 Å². The summed E-state index contributed by atoms with van der Waals surface area (Å²) in [5.74, 6) is 0.725. The third-order valence-electron chi connectivity index (χ3n) is 3.31. The van der Waals surface area contributed by atoms with Crippen molar-refractivity contribution in [2.24, 2.45) is 0 Å². The second kappa shape index (κ2) is 4.98. The molecule has 0 amide bonds. The van der Waals surface area contributed by atoms with Crippen LogP contribution in [0, 0.1) is 0 Å². The summed E-state index contributed by atoms with van der Waals surface area (Å²) >= 11 is 0. The van der Waals surface area contributed by atoms with Gasteiger partial charge in [0.2, 0.25) is 0 Å². The van der Waals surface area contributed by atoms with Gasteiger partial charge in [-0.05, 0) is 12.8 Å². The van der Waals surface area contributed by atoms with Crippen LogP contribution in [0.25, 0.3) is 0 Å². The van der Waals surface area contributed by atoms with Gasteiger partial charge in [0.1, 0.15) is 5.82 Å². The number of hydrogen-bond acceptors (Lipinski definition) is 5. The quantitative estimate of drug-likeness (QED) is 0.807. The predicted octanol–water partition coefficient (Wildman–Crippen LogP) is 0.710. The van der Waals surface area contributed by atoms with Crippen LogP contribution in [0.5, 0.6) is 0 Å². The minimum Gasteiger partial charge on any atom is -0.390 e. The van der Waals surface area contributed by atoms with E-state index < -0.39 is 5.60 Å². The van der Waals surface area contributed by atoms with Crippen LogP contribution < -0.4 is 4.90 Å². The van der Waals surface area contributed by atoms with E-state index in [0.29, 0.717) is 12.2 Å². The van der Waals surface area contributed by atoms with Gasteiger partial charge in [-0.15, -0.1) is 0 Å². The van der Waals surface area contributed by atoms with Crippen LogP contribution in [-0.4, -0.2) is 39.4 Å².